The molecular weight excluding hydrogens is 364 g/mol. The van der Waals surface area contributed by atoms with Crippen LogP contribution in [0, 0.1) is 12.3 Å². The molecule has 2 atom stereocenters. The highest BCUT2D eigenvalue weighted by Gasteiger charge is 2.28. The van der Waals surface area contributed by atoms with E-state index < -0.39 is 41.3 Å². The maximum atomic E-state index is 12.4. The van der Waals surface area contributed by atoms with Gasteiger partial charge in [0.2, 0.25) is 5.91 Å². The number of terminal acetylenes is 1. The number of rotatable bonds is 9. The molecule has 3 N–H and O–H groups in total. The van der Waals surface area contributed by atoms with Crippen LogP contribution in [0.1, 0.15) is 67.2 Å². The van der Waals surface area contributed by atoms with Gasteiger partial charge in [0.05, 0.1) is 0 Å². The molecule has 1 unspecified atom stereocenters. The van der Waals surface area contributed by atoms with Crippen molar-refractivity contribution in [1.29, 1.82) is 0 Å². The van der Waals surface area contributed by atoms with Crippen molar-refractivity contribution in [3.63, 3.8) is 0 Å². The number of nitrogens with one attached hydrogen (secondary N) is 2. The van der Waals surface area contributed by atoms with Crippen LogP contribution in [0.15, 0.2) is 0 Å². The third kappa shape index (κ3) is 13.0. The van der Waals surface area contributed by atoms with Gasteiger partial charge < -0.3 is 25.2 Å². The second kappa shape index (κ2) is 11.5. The summed E-state index contributed by atoms with van der Waals surface area (Å²) in [5.74, 6) is 1.13. The molecule has 2 amide bonds. The van der Waals surface area contributed by atoms with Crippen LogP contribution in [0.2, 0.25) is 0 Å². The van der Waals surface area contributed by atoms with Gasteiger partial charge in [-0.05, 0) is 60.8 Å². The van der Waals surface area contributed by atoms with Gasteiger partial charge in [-0.15, -0.1) is 12.3 Å². The Kier molecular flexibility index (Phi) is 10.6. The maximum Gasteiger partial charge on any atom is 0.408 e. The van der Waals surface area contributed by atoms with Crippen molar-refractivity contribution >= 4 is 18.0 Å². The minimum Gasteiger partial charge on any atom is -0.458 e. The van der Waals surface area contributed by atoms with Crippen molar-refractivity contribution in [2.45, 2.75) is 90.6 Å². The molecular formula is C20H34N2O6. The van der Waals surface area contributed by atoms with Crippen molar-refractivity contribution in [1.82, 2.24) is 10.6 Å². The summed E-state index contributed by atoms with van der Waals surface area (Å²) in [5.41, 5.74) is -1.38. The van der Waals surface area contributed by atoms with E-state index in [0.29, 0.717) is 25.8 Å². The van der Waals surface area contributed by atoms with Gasteiger partial charge >= 0.3 is 12.1 Å². The highest BCUT2D eigenvalue weighted by atomic mass is 16.6. The fourth-order valence-electron chi connectivity index (χ4n) is 2.08. The van der Waals surface area contributed by atoms with Crippen LogP contribution >= 0.6 is 0 Å². The van der Waals surface area contributed by atoms with E-state index in [1.54, 1.807) is 41.5 Å². The Morgan fingerprint density at radius 1 is 1.04 bits per heavy atom. The molecule has 0 bridgehead atoms. The quantitative estimate of drug-likeness (QED) is 0.310. The van der Waals surface area contributed by atoms with Gasteiger partial charge in [0.1, 0.15) is 23.3 Å². The van der Waals surface area contributed by atoms with E-state index in [2.05, 4.69) is 16.6 Å². The third-order valence-electron chi connectivity index (χ3n) is 3.21. The SMILES string of the molecule is C#CCC(O)C(=O)NCCCC[C@H](NC(=O)OC(C)(C)C)C(=O)OC(C)(C)C. The van der Waals surface area contributed by atoms with E-state index in [9.17, 15) is 19.5 Å². The van der Waals surface area contributed by atoms with Gasteiger partial charge in [-0.25, -0.2) is 9.59 Å². The van der Waals surface area contributed by atoms with Crippen molar-refractivity contribution < 1.29 is 29.0 Å². The number of hydrogen-bond donors (Lipinski definition) is 3. The van der Waals surface area contributed by atoms with E-state index in [0.717, 1.165) is 0 Å². The molecule has 0 fully saturated rings. The van der Waals surface area contributed by atoms with Gasteiger partial charge in [0, 0.05) is 13.0 Å². The van der Waals surface area contributed by atoms with Crippen LogP contribution in [0.5, 0.6) is 0 Å². The highest BCUT2D eigenvalue weighted by molar-refractivity contribution is 5.82. The standard InChI is InChI=1S/C20H34N2O6/c1-8-11-15(23)16(24)21-13-10-9-12-14(17(25)27-19(2,3)4)22-18(26)28-20(5,6)7/h1,14-15,23H,9-13H2,2-7H3,(H,21,24)(H,22,26)/t14-,15?/m0/s1. The smallest absolute Gasteiger partial charge is 0.408 e. The molecule has 8 heteroatoms. The van der Waals surface area contributed by atoms with E-state index in [-0.39, 0.29) is 6.42 Å². The zero-order valence-corrected chi connectivity index (χ0v) is 17.8. The zero-order chi connectivity index (χ0) is 22.0. The average Bonchev–Trinajstić information content (AvgIpc) is 2.49. The van der Waals surface area contributed by atoms with Crippen LogP contribution in [0.4, 0.5) is 4.79 Å². The molecule has 0 aliphatic rings. The number of esters is 1. The molecule has 0 heterocycles. The van der Waals surface area contributed by atoms with E-state index >= 15 is 0 Å². The summed E-state index contributed by atoms with van der Waals surface area (Å²) in [7, 11) is 0. The summed E-state index contributed by atoms with van der Waals surface area (Å²) in [6, 6.07) is -0.864. The molecule has 0 aliphatic heterocycles. The Hall–Kier alpha value is -2.27. The van der Waals surface area contributed by atoms with Crippen molar-refractivity contribution in [3.8, 4) is 12.3 Å². The number of aliphatic hydroxyl groups excluding tert-OH is 1. The van der Waals surface area contributed by atoms with Crippen molar-refractivity contribution in [3.05, 3.63) is 0 Å². The van der Waals surface area contributed by atoms with E-state index in [4.69, 9.17) is 15.9 Å². The predicted octanol–water partition coefficient (Wildman–Crippen LogP) is 1.89. The normalized spacial score (nSPS) is 13.6. The monoisotopic (exact) mass is 398 g/mol. The molecule has 160 valence electrons. The Bertz CT molecular complexity index is 569. The summed E-state index contributed by atoms with van der Waals surface area (Å²) in [4.78, 5) is 36.0. The number of ether oxygens (including phenoxy) is 2. The average molecular weight is 399 g/mol. The van der Waals surface area contributed by atoms with Gasteiger partial charge in [-0.2, -0.15) is 0 Å². The molecule has 0 aromatic heterocycles. The Labute approximate surface area is 167 Å². The number of carbonyl (C=O) groups excluding carboxylic acids is 3. The minimum atomic E-state index is -1.23. The third-order valence-corrected chi connectivity index (χ3v) is 3.21. The van der Waals surface area contributed by atoms with Gasteiger partial charge in [-0.3, -0.25) is 4.79 Å². The van der Waals surface area contributed by atoms with Gasteiger partial charge in [0.25, 0.3) is 0 Å². The van der Waals surface area contributed by atoms with Crippen LogP contribution in [-0.4, -0.2) is 53.0 Å². The fourth-order valence-corrected chi connectivity index (χ4v) is 2.08. The van der Waals surface area contributed by atoms with E-state index in [1.165, 1.54) is 0 Å². The molecule has 0 spiro atoms. The second-order valence-corrected chi connectivity index (χ2v) is 8.44. The predicted molar refractivity (Wildman–Crippen MR) is 105 cm³/mol. The zero-order valence-electron chi connectivity index (χ0n) is 17.8. The summed E-state index contributed by atoms with van der Waals surface area (Å²) >= 11 is 0. The first-order chi connectivity index (χ1) is 12.7. The van der Waals surface area contributed by atoms with Gasteiger partial charge in [0.15, 0.2) is 0 Å². The fraction of sp³-hybridized carbons (Fsp3) is 0.750. The summed E-state index contributed by atoms with van der Waals surface area (Å²) in [5, 5.41) is 14.6. The molecule has 0 radical (unpaired) electrons. The Balaban J connectivity index is 4.61. The van der Waals surface area contributed by atoms with Crippen LogP contribution < -0.4 is 10.6 Å². The lowest BCUT2D eigenvalue weighted by atomic mass is 10.1. The topological polar surface area (TPSA) is 114 Å². The maximum absolute atomic E-state index is 12.4. The largest absolute Gasteiger partial charge is 0.458 e. The lowest BCUT2D eigenvalue weighted by Crippen LogP contribution is -2.46. The van der Waals surface area contributed by atoms with Crippen molar-refractivity contribution in [2.75, 3.05) is 6.54 Å². The molecule has 0 aromatic rings. The van der Waals surface area contributed by atoms with Crippen LogP contribution in [0.3, 0.4) is 0 Å². The molecule has 28 heavy (non-hydrogen) atoms. The molecule has 0 saturated carbocycles. The number of hydrogen-bond acceptors (Lipinski definition) is 6. The van der Waals surface area contributed by atoms with Crippen molar-refractivity contribution in [2.24, 2.45) is 0 Å². The van der Waals surface area contributed by atoms with E-state index in [1.807, 2.05) is 0 Å². The molecule has 0 rings (SSSR count). The lowest BCUT2D eigenvalue weighted by molar-refractivity contribution is -0.157. The Morgan fingerprint density at radius 2 is 1.61 bits per heavy atom. The highest BCUT2D eigenvalue weighted by Crippen LogP contribution is 2.13. The number of carbonyl (C=O) groups is 3. The van der Waals surface area contributed by atoms with Crippen LogP contribution in [-0.2, 0) is 19.1 Å². The molecule has 0 saturated heterocycles. The first-order valence-electron chi connectivity index (χ1n) is 9.37. The number of alkyl carbamates (subject to hydrolysis) is 1. The summed E-state index contributed by atoms with van der Waals surface area (Å²) in [6.45, 7) is 10.7. The first-order valence-corrected chi connectivity index (χ1v) is 9.37. The molecule has 0 aliphatic carbocycles. The lowest BCUT2D eigenvalue weighted by Gasteiger charge is -2.26. The first kappa shape index (κ1) is 25.7. The minimum absolute atomic E-state index is 0.0492. The summed E-state index contributed by atoms with van der Waals surface area (Å²) in [6.07, 6.45) is 4.47. The number of amides is 2. The summed E-state index contributed by atoms with van der Waals surface area (Å²) < 4.78 is 10.6. The molecule has 0 aromatic carbocycles. The van der Waals surface area contributed by atoms with Gasteiger partial charge in [-0.1, -0.05) is 0 Å². The molecule has 8 nitrogen and oxygen atoms in total. The number of aliphatic hydroxyl groups is 1. The number of unbranched alkanes of at least 4 members (excludes halogenated alkanes) is 1. The second-order valence-electron chi connectivity index (χ2n) is 8.44. The van der Waals surface area contributed by atoms with Crippen LogP contribution in [0.25, 0.3) is 0 Å². The Morgan fingerprint density at radius 3 is 2.11 bits per heavy atom.